The fourth-order valence-electron chi connectivity index (χ4n) is 7.12. The first-order chi connectivity index (χ1) is 25.9. The molecule has 1 amide bonds. The molecule has 1 aliphatic heterocycles. The number of carbonyl (C=O) groups is 3. The highest BCUT2D eigenvalue weighted by Crippen LogP contribution is 2.43. The maximum absolute atomic E-state index is 13.5. The Morgan fingerprint density at radius 3 is 2.52 bits per heavy atom. The number of rotatable bonds is 15. The van der Waals surface area contributed by atoms with Crippen molar-refractivity contribution in [2.45, 2.75) is 51.5 Å². The van der Waals surface area contributed by atoms with Crippen LogP contribution in [0, 0.1) is 11.8 Å². The van der Waals surface area contributed by atoms with Gasteiger partial charge in [-0.25, -0.2) is 4.98 Å². The van der Waals surface area contributed by atoms with E-state index >= 15 is 0 Å². The Morgan fingerprint density at radius 1 is 1.04 bits per heavy atom. The van der Waals surface area contributed by atoms with Crippen molar-refractivity contribution in [3.05, 3.63) is 98.7 Å². The summed E-state index contributed by atoms with van der Waals surface area (Å²) in [7, 11) is 1.47. The predicted molar refractivity (Wildman–Crippen MR) is 202 cm³/mol. The molecule has 284 valence electrons. The number of methoxy groups -OCH3 is 1. The Labute approximate surface area is 322 Å². The Morgan fingerprint density at radius 2 is 1.81 bits per heavy atom. The number of carboxylic acid groups (broad SMARTS) is 2. The summed E-state index contributed by atoms with van der Waals surface area (Å²) in [6, 6.07) is 16.4. The molecule has 1 saturated heterocycles. The number of pyridine rings is 2. The number of carbonyl (C=O) groups excluding carboxylic acids is 1. The molecule has 6 rings (SSSR count). The molecule has 1 aliphatic carbocycles. The van der Waals surface area contributed by atoms with Crippen LogP contribution in [0.15, 0.2) is 60.8 Å². The number of fused-ring (bicyclic) bond motifs is 1. The van der Waals surface area contributed by atoms with Crippen molar-refractivity contribution in [1.82, 2.24) is 20.2 Å². The summed E-state index contributed by atoms with van der Waals surface area (Å²) in [6.07, 6.45) is 1.23. The van der Waals surface area contributed by atoms with Crippen LogP contribution in [-0.2, 0) is 29.1 Å². The first-order valence-electron chi connectivity index (χ1n) is 17.5. The summed E-state index contributed by atoms with van der Waals surface area (Å²) in [6.45, 7) is 4.01. The molecule has 0 bridgehead atoms. The maximum Gasteiger partial charge on any atom is 0.308 e. The van der Waals surface area contributed by atoms with E-state index in [0.29, 0.717) is 60.0 Å². The largest absolute Gasteiger partial charge is 0.481 e. The van der Waals surface area contributed by atoms with Gasteiger partial charge in [0.25, 0.3) is 5.91 Å². The molecular formula is C39H41Cl2N5O8. The highest BCUT2D eigenvalue weighted by Gasteiger charge is 2.34. The smallest absolute Gasteiger partial charge is 0.308 e. The second-order valence-corrected chi connectivity index (χ2v) is 14.4. The molecular weight excluding hydrogens is 737 g/mol. The van der Waals surface area contributed by atoms with E-state index in [0.717, 1.165) is 22.3 Å². The monoisotopic (exact) mass is 777 g/mol. The van der Waals surface area contributed by atoms with Gasteiger partial charge in [0, 0.05) is 50.0 Å². The van der Waals surface area contributed by atoms with Crippen molar-refractivity contribution in [3.8, 4) is 22.9 Å². The fourth-order valence-corrected chi connectivity index (χ4v) is 7.65. The van der Waals surface area contributed by atoms with Crippen LogP contribution >= 0.6 is 23.2 Å². The number of ether oxygens (including phenoxy) is 2. The van der Waals surface area contributed by atoms with Crippen molar-refractivity contribution in [3.63, 3.8) is 0 Å². The summed E-state index contributed by atoms with van der Waals surface area (Å²) in [5, 5.41) is 34.6. The van der Waals surface area contributed by atoms with Crippen LogP contribution in [0.5, 0.6) is 11.8 Å². The third-order valence-corrected chi connectivity index (χ3v) is 10.4. The SMILES string of the molecule is COc1nc(O[C@H]2CCc3c(-c4cccc(C(=O)Nc5ccc(CN6C[C@@H](C)[C@H](C(=O)O)C6)cn5)c4Cl)cccc32)c(Cl)cc1CNC[C@@H](O)CC(=O)O. The van der Waals surface area contributed by atoms with Crippen LogP contribution in [0.1, 0.15) is 58.5 Å². The van der Waals surface area contributed by atoms with Gasteiger partial charge in [-0.2, -0.15) is 4.98 Å². The number of hydrogen-bond donors (Lipinski definition) is 5. The summed E-state index contributed by atoms with van der Waals surface area (Å²) < 4.78 is 11.8. The van der Waals surface area contributed by atoms with Crippen LogP contribution < -0.4 is 20.1 Å². The normalized spacial score (nSPS) is 18.6. The minimum Gasteiger partial charge on any atom is -0.481 e. The molecule has 0 saturated carbocycles. The van der Waals surface area contributed by atoms with Crippen LogP contribution in [0.25, 0.3) is 11.1 Å². The van der Waals surface area contributed by atoms with Crippen molar-refractivity contribution >= 4 is 46.9 Å². The van der Waals surface area contributed by atoms with E-state index in [-0.39, 0.29) is 54.2 Å². The molecule has 13 nitrogen and oxygen atoms in total. The Kier molecular flexibility index (Phi) is 12.3. The number of aliphatic hydroxyl groups is 1. The number of carboxylic acids is 2. The lowest BCUT2D eigenvalue weighted by Gasteiger charge is -2.18. The van der Waals surface area contributed by atoms with Gasteiger partial charge >= 0.3 is 11.9 Å². The zero-order valence-corrected chi connectivity index (χ0v) is 31.2. The maximum atomic E-state index is 13.5. The third-order valence-electron chi connectivity index (χ3n) is 9.76. The first-order valence-corrected chi connectivity index (χ1v) is 18.3. The Bertz CT molecular complexity index is 2030. The van der Waals surface area contributed by atoms with E-state index in [4.69, 9.17) is 37.8 Å². The lowest BCUT2D eigenvalue weighted by Crippen LogP contribution is -2.28. The average Bonchev–Trinajstić information content (AvgIpc) is 3.72. The van der Waals surface area contributed by atoms with Crippen molar-refractivity contribution in [1.29, 1.82) is 0 Å². The molecule has 5 N–H and O–H groups in total. The number of anilines is 1. The molecule has 2 aromatic heterocycles. The number of amides is 1. The molecule has 4 atom stereocenters. The zero-order valence-electron chi connectivity index (χ0n) is 29.7. The molecule has 54 heavy (non-hydrogen) atoms. The van der Waals surface area contributed by atoms with Gasteiger partial charge in [-0.3, -0.25) is 19.3 Å². The van der Waals surface area contributed by atoms with E-state index < -0.39 is 23.9 Å². The molecule has 2 aliphatic rings. The van der Waals surface area contributed by atoms with Gasteiger partial charge < -0.3 is 35.4 Å². The molecule has 0 spiro atoms. The zero-order chi connectivity index (χ0) is 38.5. The number of benzene rings is 2. The lowest BCUT2D eigenvalue weighted by molar-refractivity contribution is -0.142. The number of halogens is 2. The second-order valence-electron chi connectivity index (χ2n) is 13.6. The summed E-state index contributed by atoms with van der Waals surface area (Å²) in [5.41, 5.74) is 5.38. The van der Waals surface area contributed by atoms with Crippen LogP contribution in [-0.4, -0.2) is 80.9 Å². The topological polar surface area (TPSA) is 183 Å². The molecule has 1 fully saturated rings. The van der Waals surface area contributed by atoms with Crippen molar-refractivity contribution < 1.29 is 39.2 Å². The van der Waals surface area contributed by atoms with Gasteiger partial charge in [0.2, 0.25) is 11.8 Å². The molecule has 2 aromatic carbocycles. The molecule has 0 unspecified atom stereocenters. The van der Waals surface area contributed by atoms with Gasteiger partial charge in [0.1, 0.15) is 16.9 Å². The molecule has 4 aromatic rings. The summed E-state index contributed by atoms with van der Waals surface area (Å²) >= 11 is 13.5. The van der Waals surface area contributed by atoms with E-state index in [1.54, 1.807) is 30.5 Å². The average molecular weight is 779 g/mol. The van der Waals surface area contributed by atoms with Crippen LogP contribution in [0.3, 0.4) is 0 Å². The van der Waals surface area contributed by atoms with Crippen LogP contribution in [0.2, 0.25) is 10.0 Å². The van der Waals surface area contributed by atoms with E-state index in [1.165, 1.54) is 7.11 Å². The number of likely N-dealkylation sites (tertiary alicyclic amines) is 1. The van der Waals surface area contributed by atoms with Crippen molar-refractivity contribution in [2.24, 2.45) is 11.8 Å². The number of nitrogens with one attached hydrogen (secondary N) is 2. The predicted octanol–water partition coefficient (Wildman–Crippen LogP) is 5.86. The number of aliphatic hydroxyl groups excluding tert-OH is 1. The number of nitrogens with zero attached hydrogens (tertiary/aromatic N) is 3. The van der Waals surface area contributed by atoms with E-state index in [9.17, 15) is 24.6 Å². The highest BCUT2D eigenvalue weighted by atomic mass is 35.5. The standard InChI is InChI=1S/C39H41Cl2N5O8/c1-21-18-46(20-30(21)39(51)52)19-22-9-12-33(43-15-22)44-36(50)29-8-4-7-28(35(29)41)25-5-3-6-27-26(25)10-11-32(27)54-38-31(40)13-23(37(45-38)53-2)16-42-17-24(47)14-34(48)49/h3-9,12-13,15,21,24,30,32,42,47H,10-11,14,16-20H2,1-2H3,(H,48,49)(H,51,52)(H,43,44,50)/t21-,24+,30-,32+/m1/s1. The fraction of sp³-hybridized carbons (Fsp3) is 0.359. The minimum absolute atomic E-state index is 0.0634. The van der Waals surface area contributed by atoms with Gasteiger partial charge in [-0.15, -0.1) is 0 Å². The lowest BCUT2D eigenvalue weighted by atomic mass is 9.95. The Hall–Kier alpha value is -4.79. The van der Waals surface area contributed by atoms with Gasteiger partial charge in [-0.1, -0.05) is 66.5 Å². The third kappa shape index (κ3) is 8.94. The van der Waals surface area contributed by atoms with Gasteiger partial charge in [0.05, 0.1) is 36.1 Å². The van der Waals surface area contributed by atoms with Crippen molar-refractivity contribution in [2.75, 3.05) is 32.1 Å². The minimum atomic E-state index is -1.09. The summed E-state index contributed by atoms with van der Waals surface area (Å²) in [4.78, 5) is 46.8. The first kappa shape index (κ1) is 38.9. The van der Waals surface area contributed by atoms with E-state index in [2.05, 4.69) is 25.5 Å². The van der Waals surface area contributed by atoms with Crippen LogP contribution in [0.4, 0.5) is 5.82 Å². The quantitative estimate of drug-likeness (QED) is 0.0972. The Balaban J connectivity index is 1.13. The second kappa shape index (κ2) is 17.1. The highest BCUT2D eigenvalue weighted by molar-refractivity contribution is 6.37. The molecule has 0 radical (unpaired) electrons. The van der Waals surface area contributed by atoms with Gasteiger partial charge in [-0.05, 0) is 59.2 Å². The molecule has 3 heterocycles. The number of aliphatic carboxylic acids is 2. The van der Waals surface area contributed by atoms with E-state index in [1.807, 2.05) is 37.3 Å². The van der Waals surface area contributed by atoms with Gasteiger partial charge in [0.15, 0.2) is 0 Å². The number of aromatic nitrogens is 2. The summed E-state index contributed by atoms with van der Waals surface area (Å²) in [5.74, 6) is -1.73. The number of hydrogen-bond acceptors (Lipinski definition) is 10. The molecule has 15 heteroatoms.